The number of benzene rings is 9. The summed E-state index contributed by atoms with van der Waals surface area (Å²) >= 11 is 0. The zero-order valence-corrected chi connectivity index (χ0v) is 34.1. The minimum Gasteiger partial charge on any atom is -0.309 e. The first-order valence-corrected chi connectivity index (χ1v) is 21.2. The minimum absolute atomic E-state index is 0.609. The molecule has 0 unspecified atom stereocenters. The molecule has 5 nitrogen and oxygen atoms in total. The number of fused-ring (bicyclic) bond motifs is 6. The highest BCUT2D eigenvalue weighted by molar-refractivity contribution is 6.17. The Morgan fingerprint density at radius 2 is 0.794 bits per heavy atom. The molecule has 294 valence electrons. The predicted molar refractivity (Wildman–Crippen MR) is 260 cm³/mol. The number of hydrogen-bond acceptors (Lipinski definition) is 4. The van der Waals surface area contributed by atoms with E-state index in [1.54, 1.807) is 0 Å². The molecule has 63 heavy (non-hydrogen) atoms. The molecular formula is C58H37N5. The van der Waals surface area contributed by atoms with Crippen molar-refractivity contribution in [2.24, 2.45) is 0 Å². The molecule has 0 radical (unpaired) electrons. The van der Waals surface area contributed by atoms with E-state index < -0.39 is 0 Å². The van der Waals surface area contributed by atoms with Crippen molar-refractivity contribution in [1.82, 2.24) is 24.5 Å². The fourth-order valence-electron chi connectivity index (χ4n) is 9.11. The van der Waals surface area contributed by atoms with Crippen molar-refractivity contribution in [3.8, 4) is 73.4 Å². The van der Waals surface area contributed by atoms with Gasteiger partial charge < -0.3 is 4.57 Å². The molecule has 0 N–H and O–H groups in total. The monoisotopic (exact) mass is 803 g/mol. The molecule has 9 aromatic carbocycles. The van der Waals surface area contributed by atoms with E-state index in [-0.39, 0.29) is 0 Å². The van der Waals surface area contributed by atoms with Gasteiger partial charge in [0.15, 0.2) is 17.5 Å². The fourth-order valence-corrected chi connectivity index (χ4v) is 9.11. The van der Waals surface area contributed by atoms with E-state index in [2.05, 4.69) is 205 Å². The van der Waals surface area contributed by atoms with Crippen molar-refractivity contribution in [2.45, 2.75) is 0 Å². The Hall–Kier alpha value is -8.54. The summed E-state index contributed by atoms with van der Waals surface area (Å²) in [5.41, 5.74) is 13.6. The van der Waals surface area contributed by atoms with Crippen molar-refractivity contribution in [3.63, 3.8) is 0 Å². The van der Waals surface area contributed by atoms with E-state index >= 15 is 0 Å². The van der Waals surface area contributed by atoms with Crippen LogP contribution < -0.4 is 0 Å². The molecule has 5 heteroatoms. The molecule has 0 amide bonds. The molecule has 0 atom stereocenters. The average molecular weight is 804 g/mol. The molecule has 0 bridgehead atoms. The van der Waals surface area contributed by atoms with Crippen LogP contribution in [0.3, 0.4) is 0 Å². The molecule has 12 rings (SSSR count). The maximum absolute atomic E-state index is 5.23. The summed E-state index contributed by atoms with van der Waals surface area (Å²) in [6, 6.07) is 78.7. The van der Waals surface area contributed by atoms with Crippen LogP contribution in [-0.4, -0.2) is 24.5 Å². The van der Waals surface area contributed by atoms with Crippen LogP contribution in [0.15, 0.2) is 224 Å². The molecule has 0 saturated heterocycles. The molecule has 0 aliphatic carbocycles. The lowest BCUT2D eigenvalue weighted by Crippen LogP contribution is -2.01. The van der Waals surface area contributed by atoms with E-state index in [9.17, 15) is 0 Å². The van der Waals surface area contributed by atoms with Gasteiger partial charge in [0.25, 0.3) is 0 Å². The second kappa shape index (κ2) is 15.2. The molecule has 0 spiro atoms. The minimum atomic E-state index is 0.609. The molecule has 0 saturated carbocycles. The van der Waals surface area contributed by atoms with Gasteiger partial charge in [0.2, 0.25) is 0 Å². The van der Waals surface area contributed by atoms with Gasteiger partial charge in [-0.25, -0.2) is 19.9 Å². The third kappa shape index (κ3) is 6.42. The van der Waals surface area contributed by atoms with E-state index in [4.69, 9.17) is 19.9 Å². The van der Waals surface area contributed by atoms with Crippen LogP contribution in [0, 0.1) is 0 Å². The number of nitrogens with zero attached hydrogens (tertiary/aromatic N) is 5. The number of rotatable bonds is 7. The lowest BCUT2D eigenvalue weighted by molar-refractivity contribution is 1.07. The van der Waals surface area contributed by atoms with Gasteiger partial charge in [-0.05, 0) is 75.5 Å². The largest absolute Gasteiger partial charge is 0.309 e. The zero-order chi connectivity index (χ0) is 41.7. The summed E-state index contributed by atoms with van der Waals surface area (Å²) in [6.45, 7) is 0. The van der Waals surface area contributed by atoms with Gasteiger partial charge in [0.05, 0.1) is 22.2 Å². The first-order valence-electron chi connectivity index (χ1n) is 21.2. The summed E-state index contributed by atoms with van der Waals surface area (Å²) in [5, 5.41) is 5.87. The quantitative estimate of drug-likeness (QED) is 0.151. The smallest absolute Gasteiger partial charge is 0.164 e. The topological polar surface area (TPSA) is 56.5 Å². The summed E-state index contributed by atoms with van der Waals surface area (Å²) in [4.78, 5) is 20.7. The third-order valence-electron chi connectivity index (χ3n) is 12.0. The standard InChI is InChI=1S/C58H37N5/c1-4-17-38(18-5-1)50-37-52(39-19-6-2-7-20-39)59-51-34-33-46-45(29-16-30-49(46)55(50)51)41-23-14-24-42(35-41)57-60-56(40-21-8-3-9-22-40)61-58(62-57)43-25-15-26-44(36-43)63-53-31-12-10-27-47(53)48-28-11-13-32-54(48)63/h1-37H. The first kappa shape index (κ1) is 36.3. The predicted octanol–water partition coefficient (Wildman–Crippen LogP) is 14.7. The van der Waals surface area contributed by atoms with E-state index in [0.717, 1.165) is 88.6 Å². The maximum atomic E-state index is 5.23. The van der Waals surface area contributed by atoms with Crippen LogP contribution in [0.4, 0.5) is 0 Å². The highest BCUT2D eigenvalue weighted by atomic mass is 15.0. The van der Waals surface area contributed by atoms with Gasteiger partial charge in [-0.1, -0.05) is 182 Å². The number of para-hydroxylation sites is 2. The Morgan fingerprint density at radius 1 is 0.286 bits per heavy atom. The number of pyridine rings is 1. The van der Waals surface area contributed by atoms with Gasteiger partial charge in [-0.15, -0.1) is 0 Å². The van der Waals surface area contributed by atoms with Crippen LogP contribution >= 0.6 is 0 Å². The van der Waals surface area contributed by atoms with E-state index in [1.165, 1.54) is 10.8 Å². The van der Waals surface area contributed by atoms with Gasteiger partial charge in [0, 0.05) is 44.1 Å². The molecule has 3 aromatic heterocycles. The van der Waals surface area contributed by atoms with Crippen molar-refractivity contribution < 1.29 is 0 Å². The second-order valence-electron chi connectivity index (χ2n) is 15.8. The van der Waals surface area contributed by atoms with E-state index in [1.807, 2.05) is 24.3 Å². The Morgan fingerprint density at radius 3 is 1.48 bits per heavy atom. The highest BCUT2D eigenvalue weighted by Gasteiger charge is 2.18. The number of aromatic nitrogens is 5. The SMILES string of the molecule is c1ccc(-c2cc(-c3ccccc3)c3c(ccc4c(-c5cccc(-c6nc(-c7ccccc7)nc(-c7cccc(-n8c9ccccc9c9ccccc98)c7)n6)c5)cccc43)n2)cc1. The van der Waals surface area contributed by atoms with Crippen LogP contribution in [0.25, 0.3) is 117 Å². The first-order chi connectivity index (χ1) is 31.2. The molecule has 0 aliphatic rings. The fraction of sp³-hybridized carbons (Fsp3) is 0. The third-order valence-corrected chi connectivity index (χ3v) is 12.0. The van der Waals surface area contributed by atoms with Crippen LogP contribution in [-0.2, 0) is 0 Å². The highest BCUT2D eigenvalue weighted by Crippen LogP contribution is 2.40. The van der Waals surface area contributed by atoms with Crippen molar-refractivity contribution in [3.05, 3.63) is 224 Å². The van der Waals surface area contributed by atoms with Gasteiger partial charge in [-0.2, -0.15) is 0 Å². The number of hydrogen-bond donors (Lipinski definition) is 0. The second-order valence-corrected chi connectivity index (χ2v) is 15.8. The summed E-state index contributed by atoms with van der Waals surface area (Å²) < 4.78 is 2.33. The van der Waals surface area contributed by atoms with Crippen molar-refractivity contribution in [1.29, 1.82) is 0 Å². The molecule has 12 aromatic rings. The summed E-state index contributed by atoms with van der Waals surface area (Å²) in [6.07, 6.45) is 0. The van der Waals surface area contributed by atoms with Gasteiger partial charge in [0.1, 0.15) is 0 Å². The van der Waals surface area contributed by atoms with Crippen molar-refractivity contribution in [2.75, 3.05) is 0 Å². The zero-order valence-electron chi connectivity index (χ0n) is 34.1. The molecule has 0 fully saturated rings. The van der Waals surface area contributed by atoms with Crippen LogP contribution in [0.2, 0.25) is 0 Å². The van der Waals surface area contributed by atoms with Crippen LogP contribution in [0.5, 0.6) is 0 Å². The van der Waals surface area contributed by atoms with Crippen LogP contribution in [0.1, 0.15) is 0 Å². The Kier molecular flexibility index (Phi) is 8.75. The maximum Gasteiger partial charge on any atom is 0.164 e. The van der Waals surface area contributed by atoms with E-state index in [0.29, 0.717) is 17.5 Å². The molecule has 3 heterocycles. The summed E-state index contributed by atoms with van der Waals surface area (Å²) in [5.74, 6) is 1.84. The van der Waals surface area contributed by atoms with Gasteiger partial charge in [-0.3, -0.25) is 0 Å². The lowest BCUT2D eigenvalue weighted by Gasteiger charge is -2.15. The molecule has 0 aliphatic heterocycles. The Labute approximate surface area is 364 Å². The lowest BCUT2D eigenvalue weighted by atomic mass is 9.91. The average Bonchev–Trinajstić information content (AvgIpc) is 3.71. The summed E-state index contributed by atoms with van der Waals surface area (Å²) in [7, 11) is 0. The Bertz CT molecular complexity index is 3620. The Balaban J connectivity index is 1.00. The van der Waals surface area contributed by atoms with Crippen molar-refractivity contribution >= 4 is 43.5 Å². The normalized spacial score (nSPS) is 11.5. The van der Waals surface area contributed by atoms with Gasteiger partial charge >= 0.3 is 0 Å². The molecular weight excluding hydrogens is 767 g/mol.